The van der Waals surface area contributed by atoms with Crippen molar-refractivity contribution in [1.29, 1.82) is 0 Å². The predicted octanol–water partition coefficient (Wildman–Crippen LogP) is 4.55. The van der Waals surface area contributed by atoms with Gasteiger partial charge in [-0.3, -0.25) is 9.59 Å². The number of hydrogen-bond acceptors (Lipinski definition) is 5. The molecule has 33 heavy (non-hydrogen) atoms. The summed E-state index contributed by atoms with van der Waals surface area (Å²) < 4.78 is 25.1. The van der Waals surface area contributed by atoms with E-state index in [1.807, 2.05) is 19.1 Å². The molecule has 0 aliphatic heterocycles. The number of carbonyl (C=O) groups is 2. The molecular weight excluding hydrogens is 449 g/mol. The molecule has 0 aliphatic rings. The standard InChI is InChI=1S/C24H21ClFN3O4/c1-2-32-22-13-17(9-12-21(22)33-15-16-7-10-18(25)11-8-16)14-27-29-24(31)23(30)28-20-6-4-3-5-19(20)26/h3-14H,2,15H2,1H3,(H,28,30)(H,29,31)/b27-14-. The molecule has 170 valence electrons. The van der Waals surface area contributed by atoms with Crippen LogP contribution in [0.1, 0.15) is 18.1 Å². The molecule has 3 aromatic carbocycles. The van der Waals surface area contributed by atoms with Crippen molar-refractivity contribution in [2.24, 2.45) is 5.10 Å². The topological polar surface area (TPSA) is 89.0 Å². The maximum atomic E-state index is 13.6. The van der Waals surface area contributed by atoms with Gasteiger partial charge in [0.05, 0.1) is 18.5 Å². The van der Waals surface area contributed by atoms with Crippen LogP contribution in [0.25, 0.3) is 0 Å². The highest BCUT2D eigenvalue weighted by atomic mass is 35.5. The number of hydrazone groups is 1. The van der Waals surface area contributed by atoms with Crippen molar-refractivity contribution in [2.75, 3.05) is 11.9 Å². The van der Waals surface area contributed by atoms with Gasteiger partial charge in [-0.2, -0.15) is 5.10 Å². The van der Waals surface area contributed by atoms with Crippen LogP contribution in [-0.2, 0) is 16.2 Å². The van der Waals surface area contributed by atoms with Crippen molar-refractivity contribution < 1.29 is 23.5 Å². The lowest BCUT2D eigenvalue weighted by atomic mass is 10.2. The van der Waals surface area contributed by atoms with Crippen molar-refractivity contribution in [3.63, 3.8) is 0 Å². The van der Waals surface area contributed by atoms with Gasteiger partial charge in [-0.25, -0.2) is 9.82 Å². The van der Waals surface area contributed by atoms with E-state index in [2.05, 4.69) is 15.8 Å². The molecule has 9 heteroatoms. The van der Waals surface area contributed by atoms with Crippen LogP contribution in [0.3, 0.4) is 0 Å². The molecule has 0 fully saturated rings. The number of nitrogens with zero attached hydrogens (tertiary/aromatic N) is 1. The molecule has 3 aromatic rings. The van der Waals surface area contributed by atoms with E-state index in [0.717, 1.165) is 5.56 Å². The van der Waals surface area contributed by atoms with E-state index < -0.39 is 17.6 Å². The van der Waals surface area contributed by atoms with Gasteiger partial charge in [0, 0.05) is 5.02 Å². The first-order chi connectivity index (χ1) is 16.0. The molecule has 0 atom stereocenters. The Balaban J connectivity index is 1.59. The Labute approximate surface area is 195 Å². The number of anilines is 1. The van der Waals surface area contributed by atoms with Crippen molar-refractivity contribution in [3.05, 3.63) is 88.7 Å². The van der Waals surface area contributed by atoms with Crippen LogP contribution in [0.2, 0.25) is 5.02 Å². The minimum Gasteiger partial charge on any atom is -0.490 e. The molecule has 0 saturated carbocycles. The number of rotatable bonds is 8. The highest BCUT2D eigenvalue weighted by Gasteiger charge is 2.14. The van der Waals surface area contributed by atoms with E-state index in [4.69, 9.17) is 21.1 Å². The summed E-state index contributed by atoms with van der Waals surface area (Å²) in [5, 5.41) is 6.60. The number of ether oxygens (including phenoxy) is 2. The van der Waals surface area contributed by atoms with Gasteiger partial charge >= 0.3 is 11.8 Å². The van der Waals surface area contributed by atoms with Crippen molar-refractivity contribution in [3.8, 4) is 11.5 Å². The van der Waals surface area contributed by atoms with Crippen LogP contribution in [0.15, 0.2) is 71.8 Å². The Bertz CT molecular complexity index is 1150. The molecule has 0 aromatic heterocycles. The highest BCUT2D eigenvalue weighted by molar-refractivity contribution is 6.39. The third kappa shape index (κ3) is 7.05. The number of para-hydroxylation sites is 1. The van der Waals surface area contributed by atoms with Gasteiger partial charge in [-0.05, 0) is 60.5 Å². The van der Waals surface area contributed by atoms with Gasteiger partial charge in [-0.15, -0.1) is 0 Å². The van der Waals surface area contributed by atoms with Crippen molar-refractivity contribution in [2.45, 2.75) is 13.5 Å². The number of carbonyl (C=O) groups excluding carboxylic acids is 2. The fourth-order valence-electron chi connectivity index (χ4n) is 2.69. The minimum atomic E-state index is -1.04. The Kier molecular flexibility index (Phi) is 8.37. The van der Waals surface area contributed by atoms with Crippen molar-refractivity contribution >= 4 is 35.3 Å². The van der Waals surface area contributed by atoms with Crippen LogP contribution >= 0.6 is 11.6 Å². The van der Waals surface area contributed by atoms with E-state index >= 15 is 0 Å². The summed E-state index contributed by atoms with van der Waals surface area (Å²) in [6.07, 6.45) is 1.35. The summed E-state index contributed by atoms with van der Waals surface area (Å²) in [5.41, 5.74) is 3.55. The van der Waals surface area contributed by atoms with Crippen molar-refractivity contribution in [1.82, 2.24) is 5.43 Å². The lowest BCUT2D eigenvalue weighted by Crippen LogP contribution is -2.32. The summed E-state index contributed by atoms with van der Waals surface area (Å²) in [5.74, 6) is -1.69. The summed E-state index contributed by atoms with van der Waals surface area (Å²) in [6.45, 7) is 2.60. The normalized spacial score (nSPS) is 10.6. The maximum Gasteiger partial charge on any atom is 0.329 e. The van der Waals surface area contributed by atoms with Gasteiger partial charge in [0.1, 0.15) is 12.4 Å². The molecule has 0 bridgehead atoms. The first kappa shape index (κ1) is 23.7. The van der Waals surface area contributed by atoms with E-state index in [0.29, 0.717) is 35.3 Å². The van der Waals surface area contributed by atoms with E-state index in [9.17, 15) is 14.0 Å². The van der Waals surface area contributed by atoms with Gasteiger partial charge in [0.25, 0.3) is 0 Å². The summed E-state index contributed by atoms with van der Waals surface area (Å²) in [6, 6.07) is 18.0. The number of nitrogens with one attached hydrogen (secondary N) is 2. The van der Waals surface area contributed by atoms with Gasteiger partial charge in [0.15, 0.2) is 11.5 Å². The summed E-state index contributed by atoms with van der Waals surface area (Å²) in [7, 11) is 0. The number of amides is 2. The second-order valence-electron chi connectivity index (χ2n) is 6.69. The van der Waals surface area contributed by atoms with Crippen LogP contribution in [0, 0.1) is 5.82 Å². The molecule has 7 nitrogen and oxygen atoms in total. The van der Waals surface area contributed by atoms with Crippen LogP contribution in [-0.4, -0.2) is 24.6 Å². The quantitative estimate of drug-likeness (QED) is 0.288. The monoisotopic (exact) mass is 469 g/mol. The lowest BCUT2D eigenvalue weighted by Gasteiger charge is -2.12. The number of hydrogen-bond donors (Lipinski definition) is 2. The zero-order chi connectivity index (χ0) is 23.6. The average molecular weight is 470 g/mol. The Morgan fingerprint density at radius 1 is 1.00 bits per heavy atom. The SMILES string of the molecule is CCOc1cc(/C=N\NC(=O)C(=O)Nc2ccccc2F)ccc1OCc1ccc(Cl)cc1. The third-order valence-corrected chi connectivity index (χ3v) is 4.54. The largest absolute Gasteiger partial charge is 0.490 e. The number of halogens is 2. The second kappa shape index (κ2) is 11.6. The first-order valence-electron chi connectivity index (χ1n) is 9.99. The fourth-order valence-corrected chi connectivity index (χ4v) is 2.82. The lowest BCUT2D eigenvalue weighted by molar-refractivity contribution is -0.136. The summed E-state index contributed by atoms with van der Waals surface area (Å²) in [4.78, 5) is 23.8. The van der Waals surface area contributed by atoms with Crippen LogP contribution in [0.4, 0.5) is 10.1 Å². The zero-order valence-corrected chi connectivity index (χ0v) is 18.4. The highest BCUT2D eigenvalue weighted by Crippen LogP contribution is 2.29. The molecule has 0 heterocycles. The molecule has 0 aliphatic carbocycles. The Morgan fingerprint density at radius 3 is 2.48 bits per heavy atom. The van der Waals surface area contributed by atoms with Gasteiger partial charge in [-0.1, -0.05) is 35.9 Å². The fraction of sp³-hybridized carbons (Fsp3) is 0.125. The van der Waals surface area contributed by atoms with E-state index in [1.54, 1.807) is 30.3 Å². The van der Waals surface area contributed by atoms with Gasteiger partial charge in [0.2, 0.25) is 0 Å². The summed E-state index contributed by atoms with van der Waals surface area (Å²) >= 11 is 5.90. The molecule has 2 amide bonds. The Morgan fingerprint density at radius 2 is 1.76 bits per heavy atom. The molecular formula is C24H21ClFN3O4. The Hall–Kier alpha value is -3.91. The van der Waals surface area contributed by atoms with Gasteiger partial charge < -0.3 is 14.8 Å². The molecule has 3 rings (SSSR count). The smallest absolute Gasteiger partial charge is 0.329 e. The molecule has 0 radical (unpaired) electrons. The molecule has 0 spiro atoms. The van der Waals surface area contributed by atoms with E-state index in [1.165, 1.54) is 30.5 Å². The third-order valence-electron chi connectivity index (χ3n) is 4.28. The van der Waals surface area contributed by atoms with Crippen LogP contribution < -0.4 is 20.2 Å². The molecule has 2 N–H and O–H groups in total. The maximum absolute atomic E-state index is 13.6. The van der Waals surface area contributed by atoms with E-state index in [-0.39, 0.29) is 5.69 Å². The average Bonchev–Trinajstić information content (AvgIpc) is 2.81. The second-order valence-corrected chi connectivity index (χ2v) is 7.12. The number of benzene rings is 3. The minimum absolute atomic E-state index is 0.0998. The molecule has 0 saturated heterocycles. The predicted molar refractivity (Wildman–Crippen MR) is 124 cm³/mol. The van der Waals surface area contributed by atoms with Crippen LogP contribution in [0.5, 0.6) is 11.5 Å². The zero-order valence-electron chi connectivity index (χ0n) is 17.7. The first-order valence-corrected chi connectivity index (χ1v) is 10.4. The molecule has 0 unspecified atom stereocenters.